The van der Waals surface area contributed by atoms with E-state index in [1.54, 1.807) is 26.3 Å². The minimum absolute atomic E-state index is 0.0977. The topological polar surface area (TPSA) is 102 Å². The van der Waals surface area contributed by atoms with E-state index in [9.17, 15) is 10.1 Å². The highest BCUT2D eigenvalue weighted by Crippen LogP contribution is 2.24. The number of carbonyl (C=O) groups excluding carboxylic acids is 1. The lowest BCUT2D eigenvalue weighted by atomic mass is 10.1. The standard InChI is InChI=1S/C30H29N5O3/c1-20-14-26(18-37-4)28(16-31)30(33-20)38-19-29(36)34-32-17-25-15-21(2)35(22(25)3)27-12-10-24(11-13-27)23-8-6-5-7-9-23/h5-15,17H,18-19H2,1-4H3,(H,34,36)/b32-17-. The first kappa shape index (κ1) is 26.3. The number of rotatable bonds is 9. The van der Waals surface area contributed by atoms with Gasteiger partial charge in [-0.15, -0.1) is 0 Å². The SMILES string of the molecule is COCc1cc(C)nc(OCC(=O)N/N=C\c2cc(C)n(-c3ccc(-c4ccccc4)cc3)c2C)c1C#N. The number of pyridine rings is 1. The molecule has 0 atom stereocenters. The van der Waals surface area contributed by atoms with Gasteiger partial charge in [0.25, 0.3) is 5.91 Å². The number of aromatic nitrogens is 2. The normalized spacial score (nSPS) is 10.9. The van der Waals surface area contributed by atoms with E-state index in [0.29, 0.717) is 11.3 Å². The fourth-order valence-electron chi connectivity index (χ4n) is 4.29. The highest BCUT2D eigenvalue weighted by Gasteiger charge is 2.14. The molecule has 0 aliphatic heterocycles. The molecule has 0 aliphatic carbocycles. The molecule has 0 spiro atoms. The number of benzene rings is 2. The molecular weight excluding hydrogens is 478 g/mol. The van der Waals surface area contributed by atoms with E-state index >= 15 is 0 Å². The quantitative estimate of drug-likeness (QED) is 0.253. The van der Waals surface area contributed by atoms with E-state index < -0.39 is 5.91 Å². The summed E-state index contributed by atoms with van der Waals surface area (Å²) in [6.45, 7) is 5.73. The maximum Gasteiger partial charge on any atom is 0.278 e. The zero-order valence-corrected chi connectivity index (χ0v) is 21.9. The fourth-order valence-corrected chi connectivity index (χ4v) is 4.29. The third kappa shape index (κ3) is 5.97. The Morgan fingerprint density at radius 3 is 2.47 bits per heavy atom. The number of amides is 1. The Labute approximate surface area is 222 Å². The number of hydrogen-bond donors (Lipinski definition) is 1. The van der Waals surface area contributed by atoms with Crippen molar-refractivity contribution in [2.75, 3.05) is 13.7 Å². The number of nitriles is 1. The van der Waals surface area contributed by atoms with Crippen LogP contribution in [0.25, 0.3) is 16.8 Å². The number of nitrogens with one attached hydrogen (secondary N) is 1. The summed E-state index contributed by atoms with van der Waals surface area (Å²) in [5.41, 5.74) is 10.3. The van der Waals surface area contributed by atoms with Crippen LogP contribution < -0.4 is 10.2 Å². The number of methoxy groups -OCH3 is 1. The van der Waals surface area contributed by atoms with Crippen molar-refractivity contribution in [1.29, 1.82) is 5.26 Å². The highest BCUT2D eigenvalue weighted by atomic mass is 16.5. The molecule has 4 rings (SSSR count). The lowest BCUT2D eigenvalue weighted by Gasteiger charge is -2.11. The summed E-state index contributed by atoms with van der Waals surface area (Å²) >= 11 is 0. The zero-order valence-electron chi connectivity index (χ0n) is 21.9. The maximum absolute atomic E-state index is 12.3. The molecule has 0 radical (unpaired) electrons. The van der Waals surface area contributed by atoms with Gasteiger partial charge in [0, 0.05) is 41.0 Å². The summed E-state index contributed by atoms with van der Waals surface area (Å²) in [4.78, 5) is 16.6. The van der Waals surface area contributed by atoms with Crippen LogP contribution in [0.2, 0.25) is 0 Å². The van der Waals surface area contributed by atoms with Gasteiger partial charge in [0.1, 0.15) is 11.6 Å². The molecule has 0 unspecified atom stereocenters. The Bertz CT molecular complexity index is 1500. The van der Waals surface area contributed by atoms with Crippen LogP contribution in [-0.4, -0.2) is 35.4 Å². The maximum atomic E-state index is 12.3. The molecule has 0 fully saturated rings. The van der Waals surface area contributed by atoms with Gasteiger partial charge < -0.3 is 14.0 Å². The summed E-state index contributed by atoms with van der Waals surface area (Å²) in [6, 6.07) is 24.5. The second kappa shape index (κ2) is 12.0. The van der Waals surface area contributed by atoms with Crippen LogP contribution in [0.5, 0.6) is 5.88 Å². The molecule has 8 nitrogen and oxygen atoms in total. The second-order valence-corrected chi connectivity index (χ2v) is 8.80. The van der Waals surface area contributed by atoms with E-state index in [2.05, 4.69) is 62.5 Å². The molecule has 2 aromatic heterocycles. The first-order valence-electron chi connectivity index (χ1n) is 12.1. The molecule has 8 heteroatoms. The Morgan fingerprint density at radius 1 is 1.08 bits per heavy atom. The van der Waals surface area contributed by atoms with Crippen LogP contribution in [-0.2, 0) is 16.1 Å². The zero-order chi connectivity index (χ0) is 27.1. The van der Waals surface area contributed by atoms with Gasteiger partial charge in [0.2, 0.25) is 5.88 Å². The Kier molecular flexibility index (Phi) is 8.31. The predicted octanol–water partition coefficient (Wildman–Crippen LogP) is 5.01. The van der Waals surface area contributed by atoms with Gasteiger partial charge in [-0.2, -0.15) is 10.4 Å². The number of nitrogens with zero attached hydrogens (tertiary/aromatic N) is 4. The number of hydrogen-bond acceptors (Lipinski definition) is 6. The van der Waals surface area contributed by atoms with Crippen LogP contribution in [0, 0.1) is 32.1 Å². The molecule has 4 aromatic rings. The van der Waals surface area contributed by atoms with Crippen molar-refractivity contribution in [1.82, 2.24) is 15.0 Å². The van der Waals surface area contributed by atoms with Crippen LogP contribution in [0.4, 0.5) is 0 Å². The van der Waals surface area contributed by atoms with Crippen molar-refractivity contribution in [2.45, 2.75) is 27.4 Å². The molecule has 38 heavy (non-hydrogen) atoms. The van der Waals surface area contributed by atoms with Crippen molar-refractivity contribution in [3.63, 3.8) is 0 Å². The Hall–Kier alpha value is -4.74. The smallest absolute Gasteiger partial charge is 0.278 e. The molecule has 0 saturated carbocycles. The lowest BCUT2D eigenvalue weighted by Crippen LogP contribution is -2.25. The molecular formula is C30H29N5O3. The van der Waals surface area contributed by atoms with Crippen molar-refractivity contribution in [3.8, 4) is 28.8 Å². The van der Waals surface area contributed by atoms with Crippen LogP contribution in [0.3, 0.4) is 0 Å². The number of carbonyl (C=O) groups is 1. The van der Waals surface area contributed by atoms with Gasteiger partial charge in [-0.05, 0) is 56.2 Å². The third-order valence-corrected chi connectivity index (χ3v) is 6.04. The van der Waals surface area contributed by atoms with E-state index in [-0.39, 0.29) is 24.7 Å². The van der Waals surface area contributed by atoms with E-state index in [0.717, 1.165) is 28.2 Å². The summed E-state index contributed by atoms with van der Waals surface area (Å²) in [6.07, 6.45) is 1.61. The highest BCUT2D eigenvalue weighted by molar-refractivity contribution is 5.84. The van der Waals surface area contributed by atoms with E-state index in [1.165, 1.54) is 5.56 Å². The van der Waals surface area contributed by atoms with Crippen molar-refractivity contribution >= 4 is 12.1 Å². The molecule has 0 saturated heterocycles. The largest absolute Gasteiger partial charge is 0.467 e. The summed E-state index contributed by atoms with van der Waals surface area (Å²) in [5.74, 6) is -0.368. The minimum atomic E-state index is -0.466. The number of ether oxygens (including phenoxy) is 2. The van der Waals surface area contributed by atoms with Gasteiger partial charge in [0.05, 0.1) is 12.8 Å². The van der Waals surface area contributed by atoms with Crippen molar-refractivity contribution in [2.24, 2.45) is 5.10 Å². The summed E-state index contributed by atoms with van der Waals surface area (Å²) in [5, 5.41) is 13.6. The molecule has 192 valence electrons. The van der Waals surface area contributed by atoms with Crippen LogP contribution >= 0.6 is 0 Å². The van der Waals surface area contributed by atoms with Crippen LogP contribution in [0.15, 0.2) is 71.8 Å². The molecule has 2 aromatic carbocycles. The van der Waals surface area contributed by atoms with Crippen LogP contribution in [0.1, 0.15) is 33.8 Å². The van der Waals surface area contributed by atoms with Gasteiger partial charge in [-0.1, -0.05) is 42.5 Å². The lowest BCUT2D eigenvalue weighted by molar-refractivity contribution is -0.123. The molecule has 1 amide bonds. The Morgan fingerprint density at radius 2 is 1.79 bits per heavy atom. The molecule has 0 bridgehead atoms. The summed E-state index contributed by atoms with van der Waals surface area (Å²) < 4.78 is 12.8. The molecule has 1 N–H and O–H groups in total. The first-order valence-corrected chi connectivity index (χ1v) is 12.1. The molecule has 2 heterocycles. The fraction of sp³-hybridized carbons (Fsp3) is 0.200. The first-order chi connectivity index (χ1) is 18.4. The van der Waals surface area contributed by atoms with Gasteiger partial charge in [0.15, 0.2) is 6.61 Å². The molecule has 0 aliphatic rings. The average molecular weight is 508 g/mol. The van der Waals surface area contributed by atoms with Crippen molar-refractivity contribution < 1.29 is 14.3 Å². The van der Waals surface area contributed by atoms with Gasteiger partial charge in [-0.25, -0.2) is 10.4 Å². The second-order valence-electron chi connectivity index (χ2n) is 8.80. The number of aryl methyl sites for hydroxylation is 2. The van der Waals surface area contributed by atoms with Crippen molar-refractivity contribution in [3.05, 3.63) is 101 Å². The van der Waals surface area contributed by atoms with E-state index in [1.807, 2.05) is 38.1 Å². The van der Waals surface area contributed by atoms with Gasteiger partial charge >= 0.3 is 0 Å². The average Bonchev–Trinajstić information content (AvgIpc) is 3.20. The Balaban J connectivity index is 1.41. The monoisotopic (exact) mass is 507 g/mol. The minimum Gasteiger partial charge on any atom is -0.467 e. The van der Waals surface area contributed by atoms with Gasteiger partial charge in [-0.3, -0.25) is 4.79 Å². The van der Waals surface area contributed by atoms with E-state index in [4.69, 9.17) is 9.47 Å². The number of hydrazone groups is 1. The predicted molar refractivity (Wildman–Crippen MR) is 146 cm³/mol. The third-order valence-electron chi connectivity index (χ3n) is 6.04. The summed E-state index contributed by atoms with van der Waals surface area (Å²) in [7, 11) is 1.54.